The van der Waals surface area contributed by atoms with Crippen LogP contribution in [0.3, 0.4) is 0 Å². The van der Waals surface area contributed by atoms with E-state index in [0.29, 0.717) is 31.6 Å². The molecule has 2 saturated carbocycles. The molecule has 2 N–H and O–H groups in total. The number of nitrogens with zero attached hydrogens (tertiary/aromatic N) is 1. The molecule has 2 atom stereocenters. The van der Waals surface area contributed by atoms with Crippen LogP contribution in [-0.4, -0.2) is 42.0 Å². The molecule has 42 heavy (non-hydrogen) atoms. The predicted octanol–water partition coefficient (Wildman–Crippen LogP) is 5.96. The average molecular weight is 566 g/mol. The first-order chi connectivity index (χ1) is 20.3. The van der Waals surface area contributed by atoms with Crippen LogP contribution in [-0.2, 0) is 29.0 Å². The van der Waals surface area contributed by atoms with Crippen LogP contribution in [0.2, 0.25) is 0 Å². The molecule has 7 heteroatoms. The molecule has 7 nitrogen and oxygen atoms in total. The summed E-state index contributed by atoms with van der Waals surface area (Å²) in [4.78, 5) is 40.7. The Balaban J connectivity index is 1.25. The van der Waals surface area contributed by atoms with E-state index in [9.17, 15) is 14.4 Å². The minimum Gasteiger partial charge on any atom is -0.465 e. The number of hydrogen-bond donors (Lipinski definition) is 2. The molecule has 3 amide bonds. The Kier molecular flexibility index (Phi) is 7.76. The van der Waals surface area contributed by atoms with Crippen molar-refractivity contribution in [3.8, 4) is 11.1 Å². The lowest BCUT2D eigenvalue weighted by Gasteiger charge is -2.35. The summed E-state index contributed by atoms with van der Waals surface area (Å²) in [6.45, 7) is 3.64. The molecule has 0 saturated heterocycles. The summed E-state index contributed by atoms with van der Waals surface area (Å²) >= 11 is 0. The Labute approximate surface area is 247 Å². The molecule has 2 fully saturated rings. The molecule has 0 radical (unpaired) electrons. The highest BCUT2D eigenvalue weighted by Crippen LogP contribution is 2.47. The monoisotopic (exact) mass is 565 g/mol. The largest absolute Gasteiger partial charge is 0.465 e. The van der Waals surface area contributed by atoms with E-state index in [0.717, 1.165) is 59.9 Å². The number of benzene rings is 3. The molecular formula is C35H39N3O4. The van der Waals surface area contributed by atoms with Crippen molar-refractivity contribution in [2.24, 2.45) is 5.92 Å². The number of urea groups is 1. The molecule has 3 aromatic rings. The number of amides is 3. The van der Waals surface area contributed by atoms with Gasteiger partial charge in [0.25, 0.3) is 0 Å². The number of carbonyl (C=O) groups is 3. The third-order valence-electron chi connectivity index (χ3n) is 9.31. The van der Waals surface area contributed by atoms with Gasteiger partial charge >= 0.3 is 12.0 Å². The molecule has 3 aromatic carbocycles. The molecule has 6 rings (SSSR count). The molecule has 1 heterocycles. The average Bonchev–Trinajstić information content (AvgIpc) is 3.72. The lowest BCUT2D eigenvalue weighted by atomic mass is 9.87. The van der Waals surface area contributed by atoms with Crippen LogP contribution in [0.5, 0.6) is 0 Å². The molecule has 0 spiro atoms. The SMILES string of the molecule is COC(=O)c1cccc(-c2ccc(CNC(=O)[C@H]3C[C@@H]3c3ccccc3)c3c2CCN(C(=O)NC2(C)CCCC2)C3)c1. The van der Waals surface area contributed by atoms with Gasteiger partial charge in [-0.3, -0.25) is 4.79 Å². The van der Waals surface area contributed by atoms with Crippen LogP contribution in [0.1, 0.15) is 77.6 Å². The quantitative estimate of drug-likeness (QED) is 0.346. The van der Waals surface area contributed by atoms with E-state index in [4.69, 9.17) is 4.74 Å². The first-order valence-electron chi connectivity index (χ1n) is 15.1. The van der Waals surface area contributed by atoms with Crippen LogP contribution in [0.25, 0.3) is 11.1 Å². The fourth-order valence-corrected chi connectivity index (χ4v) is 6.77. The maximum Gasteiger partial charge on any atom is 0.337 e. The number of fused-ring (bicyclic) bond motifs is 1. The van der Waals surface area contributed by atoms with Crippen LogP contribution in [0.15, 0.2) is 66.7 Å². The Morgan fingerprint density at radius 1 is 0.976 bits per heavy atom. The summed E-state index contributed by atoms with van der Waals surface area (Å²) in [5.41, 5.74) is 6.80. The number of nitrogens with one attached hydrogen (secondary N) is 2. The van der Waals surface area contributed by atoms with Gasteiger partial charge in [0, 0.05) is 31.1 Å². The van der Waals surface area contributed by atoms with E-state index < -0.39 is 0 Å². The van der Waals surface area contributed by atoms with Crippen LogP contribution < -0.4 is 10.6 Å². The molecule has 2 aliphatic carbocycles. The van der Waals surface area contributed by atoms with E-state index in [1.165, 1.54) is 12.7 Å². The summed E-state index contributed by atoms with van der Waals surface area (Å²) < 4.78 is 4.95. The summed E-state index contributed by atoms with van der Waals surface area (Å²) in [5, 5.41) is 6.50. The Morgan fingerprint density at radius 2 is 1.76 bits per heavy atom. The summed E-state index contributed by atoms with van der Waals surface area (Å²) in [7, 11) is 1.38. The number of esters is 1. The molecule has 0 bridgehead atoms. The highest BCUT2D eigenvalue weighted by molar-refractivity contribution is 5.91. The first-order valence-corrected chi connectivity index (χ1v) is 15.1. The minimum absolute atomic E-state index is 0.00186. The molecule has 218 valence electrons. The second-order valence-electron chi connectivity index (χ2n) is 12.2. The highest BCUT2D eigenvalue weighted by atomic mass is 16.5. The Hall–Kier alpha value is -4.13. The van der Waals surface area contributed by atoms with Crippen molar-refractivity contribution in [3.63, 3.8) is 0 Å². The van der Waals surface area contributed by atoms with Gasteiger partial charge in [0.05, 0.1) is 12.7 Å². The van der Waals surface area contributed by atoms with E-state index in [-0.39, 0.29) is 35.3 Å². The predicted molar refractivity (Wildman–Crippen MR) is 162 cm³/mol. The Morgan fingerprint density at radius 3 is 2.52 bits per heavy atom. The van der Waals surface area contributed by atoms with E-state index in [2.05, 4.69) is 41.8 Å². The van der Waals surface area contributed by atoms with Gasteiger partial charge in [-0.2, -0.15) is 0 Å². The smallest absolute Gasteiger partial charge is 0.337 e. The van der Waals surface area contributed by atoms with Gasteiger partial charge in [0.15, 0.2) is 0 Å². The topological polar surface area (TPSA) is 87.7 Å². The van der Waals surface area contributed by atoms with Crippen LogP contribution in [0, 0.1) is 5.92 Å². The minimum atomic E-state index is -0.373. The zero-order valence-corrected chi connectivity index (χ0v) is 24.4. The third-order valence-corrected chi connectivity index (χ3v) is 9.31. The van der Waals surface area contributed by atoms with Crippen LogP contribution >= 0.6 is 0 Å². The van der Waals surface area contributed by atoms with Gasteiger partial charge in [-0.05, 0) is 84.0 Å². The zero-order valence-electron chi connectivity index (χ0n) is 24.4. The van der Waals surface area contributed by atoms with Gasteiger partial charge in [0.1, 0.15) is 0 Å². The number of methoxy groups -OCH3 is 1. The van der Waals surface area contributed by atoms with Gasteiger partial charge in [0.2, 0.25) is 5.91 Å². The summed E-state index contributed by atoms with van der Waals surface area (Å²) in [6, 6.07) is 21.8. The first kappa shape index (κ1) is 28.0. The second kappa shape index (κ2) is 11.6. The lowest BCUT2D eigenvalue weighted by Crippen LogP contribution is -2.51. The van der Waals surface area contributed by atoms with Crippen molar-refractivity contribution < 1.29 is 19.1 Å². The molecule has 3 aliphatic rings. The molecule has 1 aliphatic heterocycles. The van der Waals surface area contributed by atoms with Crippen molar-refractivity contribution in [2.45, 2.75) is 70.0 Å². The number of carbonyl (C=O) groups excluding carboxylic acids is 3. The maximum absolute atomic E-state index is 13.4. The lowest BCUT2D eigenvalue weighted by molar-refractivity contribution is -0.122. The fraction of sp³-hybridized carbons (Fsp3) is 0.400. The fourth-order valence-electron chi connectivity index (χ4n) is 6.77. The second-order valence-corrected chi connectivity index (χ2v) is 12.2. The van der Waals surface area contributed by atoms with Gasteiger partial charge < -0.3 is 20.3 Å². The van der Waals surface area contributed by atoms with Gasteiger partial charge in [-0.1, -0.05) is 67.4 Å². The highest BCUT2D eigenvalue weighted by Gasteiger charge is 2.43. The van der Waals surface area contributed by atoms with Crippen LogP contribution in [0.4, 0.5) is 4.79 Å². The van der Waals surface area contributed by atoms with Crippen molar-refractivity contribution >= 4 is 17.9 Å². The molecule has 0 unspecified atom stereocenters. The van der Waals surface area contributed by atoms with Crippen molar-refractivity contribution in [1.82, 2.24) is 15.5 Å². The molecular weight excluding hydrogens is 526 g/mol. The van der Waals surface area contributed by atoms with Gasteiger partial charge in [-0.15, -0.1) is 0 Å². The zero-order chi connectivity index (χ0) is 29.3. The standard InChI is InChI=1S/C35H39N3O4/c1-35(16-6-7-17-35)37-34(41)38-18-15-28-27(24-11-8-12-25(19-24)33(40)42-2)14-13-26(31(28)22-38)21-36-32(39)30-20-29(30)23-9-4-3-5-10-23/h3-5,8-14,19,29-30H,6-7,15-18,20-22H2,1-2H3,(H,36,39)(H,37,41)/t29-,30+/m1/s1. The molecule has 0 aromatic heterocycles. The van der Waals surface area contributed by atoms with Crippen molar-refractivity contribution in [2.75, 3.05) is 13.7 Å². The van der Waals surface area contributed by atoms with E-state index in [1.807, 2.05) is 41.3 Å². The Bertz CT molecular complexity index is 1500. The van der Waals surface area contributed by atoms with Gasteiger partial charge in [-0.25, -0.2) is 9.59 Å². The summed E-state index contributed by atoms with van der Waals surface area (Å²) in [5.74, 6) is -0.0204. The maximum atomic E-state index is 13.4. The van der Waals surface area contributed by atoms with E-state index in [1.54, 1.807) is 6.07 Å². The number of rotatable bonds is 7. The van der Waals surface area contributed by atoms with Crippen molar-refractivity contribution in [3.05, 3.63) is 94.5 Å². The normalized spacial score (nSPS) is 20.4. The number of ether oxygens (including phenoxy) is 1. The summed E-state index contributed by atoms with van der Waals surface area (Å²) in [6.07, 6.45) is 5.86. The number of hydrogen-bond acceptors (Lipinski definition) is 4. The van der Waals surface area contributed by atoms with E-state index >= 15 is 0 Å². The van der Waals surface area contributed by atoms with Crippen molar-refractivity contribution in [1.29, 1.82) is 0 Å². The third kappa shape index (κ3) is 5.78.